The third kappa shape index (κ3) is 2.26. The summed E-state index contributed by atoms with van der Waals surface area (Å²) in [5.74, 6) is 0. The third-order valence-electron chi connectivity index (χ3n) is 3.23. The number of hydrogen-bond donors (Lipinski definition) is 1. The number of halogens is 6. The van der Waals surface area contributed by atoms with E-state index >= 15 is 0 Å². The number of nitrogens with one attached hydrogen (secondary N) is 1. The van der Waals surface area contributed by atoms with Crippen LogP contribution in [0.2, 0.25) is 10.0 Å². The molecule has 18 heavy (non-hydrogen) atoms. The van der Waals surface area contributed by atoms with Crippen LogP contribution in [0.4, 0.5) is 13.2 Å². The fourth-order valence-electron chi connectivity index (χ4n) is 2.18. The van der Waals surface area contributed by atoms with Crippen molar-refractivity contribution in [2.45, 2.75) is 18.0 Å². The molecule has 0 unspecified atom stereocenters. The molecule has 0 spiro atoms. The Kier molecular flexibility index (Phi) is 3.89. The van der Waals surface area contributed by atoms with Crippen molar-refractivity contribution >= 4 is 39.1 Å². The Hall–Kier alpha value is 0.0300. The highest BCUT2D eigenvalue weighted by molar-refractivity contribution is 9.10. The van der Waals surface area contributed by atoms with Crippen LogP contribution in [0.3, 0.4) is 0 Å². The normalized spacial score (nSPS) is 24.6. The largest absolute Gasteiger partial charge is 0.399 e. The van der Waals surface area contributed by atoms with E-state index in [1.807, 2.05) is 0 Å². The average molecular weight is 363 g/mol. The first-order chi connectivity index (χ1) is 8.28. The van der Waals surface area contributed by atoms with Gasteiger partial charge in [-0.2, -0.15) is 13.2 Å². The predicted molar refractivity (Wildman–Crippen MR) is 69.4 cm³/mol. The molecule has 1 aromatic rings. The summed E-state index contributed by atoms with van der Waals surface area (Å²) in [6.07, 6.45) is -4.35. The fourth-order valence-corrected chi connectivity index (χ4v) is 2.89. The van der Waals surface area contributed by atoms with E-state index in [1.165, 1.54) is 12.1 Å². The summed E-state index contributed by atoms with van der Waals surface area (Å²) in [6.45, 7) is 0.176. The van der Waals surface area contributed by atoms with Crippen LogP contribution >= 0.6 is 39.1 Å². The van der Waals surface area contributed by atoms with Gasteiger partial charge in [-0.05, 0) is 46.6 Å². The summed E-state index contributed by atoms with van der Waals surface area (Å²) in [5, 5.41) is 3.13. The van der Waals surface area contributed by atoms with E-state index in [0.717, 1.165) is 0 Å². The van der Waals surface area contributed by atoms with Crippen LogP contribution in [0.25, 0.3) is 0 Å². The van der Waals surface area contributed by atoms with Crippen LogP contribution in [0, 0.1) is 0 Å². The lowest BCUT2D eigenvalue weighted by molar-refractivity contribution is -0.184. The molecule has 1 fully saturated rings. The van der Waals surface area contributed by atoms with Gasteiger partial charge in [-0.15, -0.1) is 0 Å². The zero-order valence-electron chi connectivity index (χ0n) is 9.04. The van der Waals surface area contributed by atoms with Crippen molar-refractivity contribution < 1.29 is 13.2 Å². The molecule has 7 heteroatoms. The Morgan fingerprint density at radius 3 is 2.17 bits per heavy atom. The molecule has 0 aromatic heterocycles. The first-order valence-electron chi connectivity index (χ1n) is 5.20. The standard InChI is InChI=1S/C11H9BrCl2F3N/c12-9-7(13)3-6(4-8(9)14)10(11(15,16)17)1-2-18-5-10/h3-4,18H,1-2,5H2/t10-/m0/s1. The maximum absolute atomic E-state index is 13.3. The summed E-state index contributed by atoms with van der Waals surface area (Å²) in [5.41, 5.74) is -1.79. The maximum atomic E-state index is 13.3. The van der Waals surface area contributed by atoms with Gasteiger partial charge in [-0.25, -0.2) is 0 Å². The summed E-state index contributed by atoms with van der Waals surface area (Å²) < 4.78 is 40.4. The van der Waals surface area contributed by atoms with Crippen LogP contribution < -0.4 is 5.32 Å². The lowest BCUT2D eigenvalue weighted by Crippen LogP contribution is -2.44. The molecule has 1 aliphatic heterocycles. The van der Waals surface area contributed by atoms with Gasteiger partial charge in [0.2, 0.25) is 0 Å². The maximum Gasteiger partial charge on any atom is 0.399 e. The Bertz CT molecular complexity index is 447. The molecule has 1 aliphatic rings. The van der Waals surface area contributed by atoms with Gasteiger partial charge in [0, 0.05) is 6.54 Å². The van der Waals surface area contributed by atoms with Gasteiger partial charge in [0.25, 0.3) is 0 Å². The second-order valence-corrected chi connectivity index (χ2v) is 5.87. The molecular formula is C11H9BrCl2F3N. The Balaban J connectivity index is 2.57. The first-order valence-corrected chi connectivity index (χ1v) is 6.75. The highest BCUT2D eigenvalue weighted by Gasteiger charge is 2.57. The van der Waals surface area contributed by atoms with Crippen LogP contribution in [0.15, 0.2) is 16.6 Å². The molecule has 100 valence electrons. The predicted octanol–water partition coefficient (Wildman–Crippen LogP) is 4.55. The molecule has 1 atom stereocenters. The van der Waals surface area contributed by atoms with Crippen molar-refractivity contribution in [2.24, 2.45) is 0 Å². The van der Waals surface area contributed by atoms with Gasteiger partial charge in [-0.1, -0.05) is 23.2 Å². The monoisotopic (exact) mass is 361 g/mol. The second kappa shape index (κ2) is 4.85. The smallest absolute Gasteiger partial charge is 0.315 e. The van der Waals surface area contributed by atoms with Crippen LogP contribution in [0.1, 0.15) is 12.0 Å². The Morgan fingerprint density at radius 1 is 1.22 bits per heavy atom. The fraction of sp³-hybridized carbons (Fsp3) is 0.455. The van der Waals surface area contributed by atoms with Crippen molar-refractivity contribution in [3.63, 3.8) is 0 Å². The summed E-state index contributed by atoms with van der Waals surface area (Å²) in [4.78, 5) is 0. The molecule has 0 radical (unpaired) electrons. The lowest BCUT2D eigenvalue weighted by atomic mass is 9.79. The van der Waals surface area contributed by atoms with Gasteiger partial charge in [0.15, 0.2) is 0 Å². The molecule has 0 bridgehead atoms. The van der Waals surface area contributed by atoms with Gasteiger partial charge >= 0.3 is 6.18 Å². The van der Waals surface area contributed by atoms with Crippen LogP contribution in [0.5, 0.6) is 0 Å². The topological polar surface area (TPSA) is 12.0 Å². The van der Waals surface area contributed by atoms with Gasteiger partial charge in [-0.3, -0.25) is 0 Å². The first kappa shape index (κ1) is 14.4. The number of benzene rings is 1. The van der Waals surface area contributed by atoms with Crippen molar-refractivity contribution in [1.29, 1.82) is 0 Å². The number of alkyl halides is 3. The minimum absolute atomic E-state index is 0.00914. The van der Waals surface area contributed by atoms with Crippen molar-refractivity contribution in [1.82, 2.24) is 5.32 Å². The van der Waals surface area contributed by atoms with Crippen molar-refractivity contribution in [2.75, 3.05) is 13.1 Å². The quantitative estimate of drug-likeness (QED) is 0.722. The van der Waals surface area contributed by atoms with Gasteiger partial charge in [0.05, 0.1) is 14.5 Å². The highest BCUT2D eigenvalue weighted by Crippen LogP contribution is 2.47. The van der Waals surface area contributed by atoms with Crippen LogP contribution in [-0.2, 0) is 5.41 Å². The zero-order chi connectivity index (χ0) is 13.6. The molecule has 1 heterocycles. The van der Waals surface area contributed by atoms with E-state index in [4.69, 9.17) is 23.2 Å². The Labute approximate surface area is 121 Å². The molecule has 1 aromatic carbocycles. The number of hydrogen-bond acceptors (Lipinski definition) is 1. The minimum atomic E-state index is -4.34. The highest BCUT2D eigenvalue weighted by atomic mass is 79.9. The SMILES string of the molecule is FC(F)(F)[C@@]1(c2cc(Cl)c(Br)c(Cl)c2)CCNC1. The molecule has 0 aliphatic carbocycles. The van der Waals surface area contributed by atoms with E-state index in [2.05, 4.69) is 21.2 Å². The Morgan fingerprint density at radius 2 is 1.78 bits per heavy atom. The number of rotatable bonds is 1. The van der Waals surface area contributed by atoms with Gasteiger partial charge < -0.3 is 5.32 Å². The zero-order valence-corrected chi connectivity index (χ0v) is 12.1. The van der Waals surface area contributed by atoms with E-state index in [-0.39, 0.29) is 28.6 Å². The summed E-state index contributed by atoms with van der Waals surface area (Å²) in [6, 6.07) is 2.66. The average Bonchev–Trinajstić information content (AvgIpc) is 2.74. The van der Waals surface area contributed by atoms with E-state index in [1.54, 1.807) is 0 Å². The van der Waals surface area contributed by atoms with Crippen molar-refractivity contribution in [3.05, 3.63) is 32.2 Å². The van der Waals surface area contributed by atoms with Crippen molar-refractivity contribution in [3.8, 4) is 0 Å². The molecule has 1 nitrogen and oxygen atoms in total. The third-order valence-corrected chi connectivity index (χ3v) is 5.14. The minimum Gasteiger partial charge on any atom is -0.315 e. The van der Waals surface area contributed by atoms with E-state index < -0.39 is 11.6 Å². The second-order valence-electron chi connectivity index (χ2n) is 4.26. The summed E-state index contributed by atoms with van der Waals surface area (Å²) in [7, 11) is 0. The molecule has 2 rings (SSSR count). The molecule has 0 amide bonds. The lowest BCUT2D eigenvalue weighted by Gasteiger charge is -2.31. The van der Waals surface area contributed by atoms with Crippen LogP contribution in [-0.4, -0.2) is 19.3 Å². The molecule has 0 saturated carbocycles. The summed E-state index contributed by atoms with van der Waals surface area (Å²) >= 11 is 14.9. The van der Waals surface area contributed by atoms with E-state index in [0.29, 0.717) is 11.0 Å². The molecule has 1 saturated heterocycles. The molecular weight excluding hydrogens is 354 g/mol. The van der Waals surface area contributed by atoms with Gasteiger partial charge in [0.1, 0.15) is 5.41 Å². The van der Waals surface area contributed by atoms with E-state index in [9.17, 15) is 13.2 Å². The molecule has 1 N–H and O–H groups in total.